The second-order valence-corrected chi connectivity index (χ2v) is 3.99. The first-order chi connectivity index (χ1) is 5.20. The van der Waals surface area contributed by atoms with E-state index in [0.717, 1.165) is 6.42 Å². The number of rotatable bonds is 4. The second kappa shape index (κ2) is 3.55. The Kier molecular flexibility index (Phi) is 2.90. The van der Waals surface area contributed by atoms with E-state index in [1.54, 1.807) is 0 Å². The van der Waals surface area contributed by atoms with Gasteiger partial charge in [-0.05, 0) is 30.1 Å². The van der Waals surface area contributed by atoms with Crippen molar-refractivity contribution in [2.24, 2.45) is 23.7 Å². The van der Waals surface area contributed by atoms with Crippen LogP contribution in [0.3, 0.4) is 0 Å². The van der Waals surface area contributed by atoms with Crippen LogP contribution in [-0.4, -0.2) is 23.4 Å². The van der Waals surface area contributed by atoms with Crippen molar-refractivity contribution in [3.05, 3.63) is 0 Å². The van der Waals surface area contributed by atoms with Gasteiger partial charge in [-0.3, -0.25) is 0 Å². The van der Waals surface area contributed by atoms with Crippen molar-refractivity contribution in [1.82, 2.24) is 0 Å². The van der Waals surface area contributed by atoms with Gasteiger partial charge in [0.05, 0.1) is 0 Å². The van der Waals surface area contributed by atoms with Crippen LogP contribution in [0.5, 0.6) is 0 Å². The Bertz CT molecular complexity index is 113. The summed E-state index contributed by atoms with van der Waals surface area (Å²) < 4.78 is 0. The molecule has 1 rings (SSSR count). The van der Waals surface area contributed by atoms with Gasteiger partial charge in [-0.1, -0.05) is 13.8 Å². The molecule has 0 saturated heterocycles. The number of hydrogen-bond acceptors (Lipinski definition) is 2. The fourth-order valence-electron chi connectivity index (χ4n) is 1.96. The quantitative estimate of drug-likeness (QED) is 0.637. The van der Waals surface area contributed by atoms with Crippen molar-refractivity contribution in [2.75, 3.05) is 13.2 Å². The fourth-order valence-corrected chi connectivity index (χ4v) is 1.96. The average molecular weight is 158 g/mol. The molecule has 0 radical (unpaired) electrons. The number of hydrogen-bond donors (Lipinski definition) is 2. The first-order valence-electron chi connectivity index (χ1n) is 4.42. The lowest BCUT2D eigenvalue weighted by molar-refractivity contribution is 0.232. The lowest BCUT2D eigenvalue weighted by Crippen LogP contribution is -1.93. The molecule has 11 heavy (non-hydrogen) atoms. The Morgan fingerprint density at radius 1 is 1.00 bits per heavy atom. The van der Waals surface area contributed by atoms with E-state index >= 15 is 0 Å². The van der Waals surface area contributed by atoms with E-state index in [1.807, 2.05) is 0 Å². The normalized spacial score (nSPS) is 36.3. The van der Waals surface area contributed by atoms with Gasteiger partial charge < -0.3 is 10.2 Å². The summed E-state index contributed by atoms with van der Waals surface area (Å²) in [4.78, 5) is 0. The largest absolute Gasteiger partial charge is 0.396 e. The monoisotopic (exact) mass is 158 g/mol. The highest BCUT2D eigenvalue weighted by molar-refractivity contribution is 4.96. The molecule has 0 aliphatic heterocycles. The molecule has 0 aromatic carbocycles. The summed E-state index contributed by atoms with van der Waals surface area (Å²) >= 11 is 0. The maximum Gasteiger partial charge on any atom is 0.0465 e. The van der Waals surface area contributed by atoms with Crippen molar-refractivity contribution in [3.8, 4) is 0 Å². The summed E-state index contributed by atoms with van der Waals surface area (Å²) in [5.41, 5.74) is 0. The van der Waals surface area contributed by atoms with E-state index in [1.165, 1.54) is 0 Å². The van der Waals surface area contributed by atoms with E-state index < -0.39 is 0 Å². The summed E-state index contributed by atoms with van der Waals surface area (Å²) in [5.74, 6) is 2.06. The van der Waals surface area contributed by atoms with Gasteiger partial charge in [-0.15, -0.1) is 0 Å². The average Bonchev–Trinajstić information content (AvgIpc) is 2.60. The van der Waals surface area contributed by atoms with Crippen LogP contribution in [0.4, 0.5) is 0 Å². The zero-order valence-electron chi connectivity index (χ0n) is 7.33. The van der Waals surface area contributed by atoms with Crippen LogP contribution in [0, 0.1) is 23.7 Å². The number of aliphatic hydroxyl groups excluding tert-OH is 2. The Labute approximate surface area is 68.2 Å². The topological polar surface area (TPSA) is 40.5 Å². The molecule has 3 atom stereocenters. The van der Waals surface area contributed by atoms with Crippen LogP contribution in [-0.2, 0) is 0 Å². The van der Waals surface area contributed by atoms with Crippen molar-refractivity contribution >= 4 is 0 Å². The highest BCUT2D eigenvalue weighted by Gasteiger charge is 2.48. The third-order valence-electron chi connectivity index (χ3n) is 2.67. The molecule has 1 saturated carbocycles. The van der Waals surface area contributed by atoms with Gasteiger partial charge in [0.15, 0.2) is 0 Å². The predicted molar refractivity (Wildman–Crippen MR) is 44.1 cm³/mol. The third-order valence-corrected chi connectivity index (χ3v) is 2.67. The molecule has 1 fully saturated rings. The van der Waals surface area contributed by atoms with Gasteiger partial charge in [0.2, 0.25) is 0 Å². The minimum absolute atomic E-state index is 0.253. The molecular formula is C9H18O2. The van der Waals surface area contributed by atoms with E-state index in [-0.39, 0.29) is 13.2 Å². The second-order valence-electron chi connectivity index (χ2n) is 3.99. The molecule has 0 unspecified atom stereocenters. The smallest absolute Gasteiger partial charge is 0.0465 e. The molecule has 0 spiro atoms. The van der Waals surface area contributed by atoms with Gasteiger partial charge >= 0.3 is 0 Å². The van der Waals surface area contributed by atoms with Crippen LogP contribution in [0.2, 0.25) is 0 Å². The lowest BCUT2D eigenvalue weighted by Gasteiger charge is -2.01. The summed E-state index contributed by atoms with van der Waals surface area (Å²) in [6.45, 7) is 4.87. The standard InChI is InChI=1S/C9H18O2/c1-6(2)3-7-8(4-10)9(7)5-11/h6-11H,3-5H2,1-2H3/t7-,8+,9-. The molecule has 66 valence electrons. The van der Waals surface area contributed by atoms with E-state index in [2.05, 4.69) is 13.8 Å². The molecule has 0 heterocycles. The third kappa shape index (κ3) is 1.94. The highest BCUT2D eigenvalue weighted by atomic mass is 16.3. The Morgan fingerprint density at radius 2 is 1.45 bits per heavy atom. The van der Waals surface area contributed by atoms with E-state index in [4.69, 9.17) is 10.2 Å². The van der Waals surface area contributed by atoms with E-state index in [9.17, 15) is 0 Å². The maximum atomic E-state index is 8.88. The van der Waals surface area contributed by atoms with Crippen molar-refractivity contribution in [2.45, 2.75) is 20.3 Å². The highest BCUT2D eigenvalue weighted by Crippen LogP contribution is 2.49. The van der Waals surface area contributed by atoms with Gasteiger partial charge in [0.1, 0.15) is 0 Å². The van der Waals surface area contributed by atoms with Crippen molar-refractivity contribution < 1.29 is 10.2 Å². The van der Waals surface area contributed by atoms with Crippen molar-refractivity contribution in [1.29, 1.82) is 0 Å². The van der Waals surface area contributed by atoms with Crippen LogP contribution >= 0.6 is 0 Å². The van der Waals surface area contributed by atoms with Crippen LogP contribution in [0.1, 0.15) is 20.3 Å². The molecule has 1 aliphatic carbocycles. The summed E-state index contributed by atoms with van der Waals surface area (Å²) in [6, 6.07) is 0. The first kappa shape index (κ1) is 9.01. The maximum absolute atomic E-state index is 8.88. The Hall–Kier alpha value is -0.0800. The van der Waals surface area contributed by atoms with Crippen molar-refractivity contribution in [3.63, 3.8) is 0 Å². The minimum Gasteiger partial charge on any atom is -0.396 e. The molecule has 0 aromatic rings. The number of aliphatic hydroxyl groups is 2. The zero-order valence-corrected chi connectivity index (χ0v) is 7.33. The van der Waals surface area contributed by atoms with Gasteiger partial charge in [-0.2, -0.15) is 0 Å². The van der Waals surface area contributed by atoms with Gasteiger partial charge in [0.25, 0.3) is 0 Å². The fraction of sp³-hybridized carbons (Fsp3) is 1.00. The van der Waals surface area contributed by atoms with Gasteiger partial charge in [-0.25, -0.2) is 0 Å². The van der Waals surface area contributed by atoms with Crippen LogP contribution in [0.15, 0.2) is 0 Å². The van der Waals surface area contributed by atoms with Gasteiger partial charge in [0, 0.05) is 13.2 Å². The van der Waals surface area contributed by atoms with Crippen LogP contribution < -0.4 is 0 Å². The molecule has 2 N–H and O–H groups in total. The molecule has 0 aromatic heterocycles. The minimum atomic E-state index is 0.253. The predicted octanol–water partition coefficient (Wildman–Crippen LogP) is 0.879. The molecule has 2 heteroatoms. The molecular weight excluding hydrogens is 140 g/mol. The Morgan fingerprint density at radius 3 is 1.73 bits per heavy atom. The van der Waals surface area contributed by atoms with Crippen LogP contribution in [0.25, 0.3) is 0 Å². The summed E-state index contributed by atoms with van der Waals surface area (Å²) in [5, 5.41) is 17.8. The lowest BCUT2D eigenvalue weighted by atomic mass is 10.1. The molecule has 1 aliphatic rings. The summed E-state index contributed by atoms with van der Waals surface area (Å²) in [6.07, 6.45) is 1.15. The molecule has 0 bridgehead atoms. The SMILES string of the molecule is CC(C)C[C@@H]1[C@H](CO)[C@@H]1CO. The van der Waals surface area contributed by atoms with E-state index in [0.29, 0.717) is 23.7 Å². The summed E-state index contributed by atoms with van der Waals surface area (Å²) in [7, 11) is 0. The first-order valence-corrected chi connectivity index (χ1v) is 4.42. The molecule has 0 amide bonds. The Balaban J connectivity index is 2.26. The molecule has 2 nitrogen and oxygen atoms in total. The zero-order chi connectivity index (χ0) is 8.43.